The molecule has 0 bridgehead atoms. The highest BCUT2D eigenvalue weighted by atomic mass is 16.5. The summed E-state index contributed by atoms with van der Waals surface area (Å²) in [4.78, 5) is 14.7. The Bertz CT molecular complexity index is 1090. The molecule has 0 saturated carbocycles. The van der Waals surface area contributed by atoms with Crippen molar-refractivity contribution in [3.63, 3.8) is 0 Å². The van der Waals surface area contributed by atoms with Crippen molar-refractivity contribution >= 4 is 16.6 Å². The van der Waals surface area contributed by atoms with Crippen LogP contribution in [0.15, 0.2) is 89.7 Å². The monoisotopic (exact) mass is 342 g/mol. The summed E-state index contributed by atoms with van der Waals surface area (Å²) in [5.74, 6) is 1.23. The summed E-state index contributed by atoms with van der Waals surface area (Å²) in [6.07, 6.45) is 0. The van der Waals surface area contributed by atoms with Gasteiger partial charge in [-0.15, -0.1) is 0 Å². The minimum absolute atomic E-state index is 0.183. The molecule has 3 aromatic carbocycles. The van der Waals surface area contributed by atoms with Crippen LogP contribution in [0.5, 0.6) is 11.5 Å². The standard InChI is InChI=1S/C22H18N2O2/c25-22-14-21(19-11-4-5-12-20(19)24-22)26-18-10-6-9-17(13-18)23-15-16-7-2-1-3-8-16/h1-14,23H,15H2,(H,24,25). The molecule has 26 heavy (non-hydrogen) atoms. The molecular formula is C22H18N2O2. The summed E-state index contributed by atoms with van der Waals surface area (Å²) >= 11 is 0. The number of para-hydroxylation sites is 1. The van der Waals surface area contributed by atoms with Gasteiger partial charge in [0.05, 0.1) is 5.52 Å². The van der Waals surface area contributed by atoms with Gasteiger partial charge in [0.1, 0.15) is 11.5 Å². The van der Waals surface area contributed by atoms with Gasteiger partial charge in [-0.05, 0) is 29.8 Å². The van der Waals surface area contributed by atoms with Crippen LogP contribution in [0.1, 0.15) is 5.56 Å². The summed E-state index contributed by atoms with van der Waals surface area (Å²) in [6, 6.07) is 27.0. The van der Waals surface area contributed by atoms with Crippen molar-refractivity contribution in [2.75, 3.05) is 5.32 Å². The molecule has 0 radical (unpaired) electrons. The van der Waals surface area contributed by atoms with E-state index in [1.807, 2.05) is 66.7 Å². The van der Waals surface area contributed by atoms with E-state index in [-0.39, 0.29) is 5.56 Å². The molecule has 1 aromatic heterocycles. The maximum absolute atomic E-state index is 11.9. The number of fused-ring (bicyclic) bond motifs is 1. The SMILES string of the molecule is O=c1cc(Oc2cccc(NCc3ccccc3)c2)c2ccccc2[nH]1. The van der Waals surface area contributed by atoms with Gasteiger partial charge in [-0.25, -0.2) is 0 Å². The lowest BCUT2D eigenvalue weighted by atomic mass is 10.2. The third-order valence-corrected chi connectivity index (χ3v) is 4.11. The summed E-state index contributed by atoms with van der Waals surface area (Å²) < 4.78 is 6.01. The Labute approximate surface area is 151 Å². The molecule has 0 fully saturated rings. The number of pyridine rings is 1. The minimum Gasteiger partial charge on any atom is -0.456 e. The van der Waals surface area contributed by atoms with Gasteiger partial charge >= 0.3 is 0 Å². The molecule has 0 unspecified atom stereocenters. The van der Waals surface area contributed by atoms with Crippen molar-refractivity contribution in [3.05, 3.63) is 101 Å². The maximum atomic E-state index is 11.9. The van der Waals surface area contributed by atoms with Gasteiger partial charge < -0.3 is 15.0 Å². The van der Waals surface area contributed by atoms with Crippen LogP contribution < -0.4 is 15.6 Å². The van der Waals surface area contributed by atoms with Gasteiger partial charge in [0, 0.05) is 29.8 Å². The quantitative estimate of drug-likeness (QED) is 0.540. The van der Waals surface area contributed by atoms with Gasteiger partial charge in [0.25, 0.3) is 5.56 Å². The normalized spacial score (nSPS) is 10.6. The summed E-state index contributed by atoms with van der Waals surface area (Å²) in [5.41, 5.74) is 2.74. The average Bonchev–Trinajstić information content (AvgIpc) is 2.67. The second-order valence-electron chi connectivity index (χ2n) is 6.01. The van der Waals surface area contributed by atoms with Crippen LogP contribution in [-0.4, -0.2) is 4.98 Å². The zero-order chi connectivity index (χ0) is 17.8. The van der Waals surface area contributed by atoms with E-state index in [4.69, 9.17) is 4.74 Å². The Kier molecular flexibility index (Phi) is 4.39. The lowest BCUT2D eigenvalue weighted by Gasteiger charge is -2.11. The Balaban J connectivity index is 1.57. The molecule has 2 N–H and O–H groups in total. The van der Waals surface area contributed by atoms with Gasteiger partial charge in [-0.3, -0.25) is 4.79 Å². The van der Waals surface area contributed by atoms with Crippen molar-refractivity contribution in [1.29, 1.82) is 0 Å². The van der Waals surface area contributed by atoms with E-state index in [0.29, 0.717) is 11.5 Å². The fourth-order valence-corrected chi connectivity index (χ4v) is 2.85. The van der Waals surface area contributed by atoms with E-state index in [0.717, 1.165) is 23.1 Å². The van der Waals surface area contributed by atoms with Crippen LogP contribution in [0, 0.1) is 0 Å². The fourth-order valence-electron chi connectivity index (χ4n) is 2.85. The second-order valence-corrected chi connectivity index (χ2v) is 6.01. The van der Waals surface area contributed by atoms with Crippen molar-refractivity contribution in [2.45, 2.75) is 6.54 Å². The predicted octanol–water partition coefficient (Wildman–Crippen LogP) is 4.93. The zero-order valence-corrected chi connectivity index (χ0v) is 14.1. The number of hydrogen-bond donors (Lipinski definition) is 2. The van der Waals surface area contributed by atoms with Crippen LogP contribution in [0.2, 0.25) is 0 Å². The van der Waals surface area contributed by atoms with Crippen molar-refractivity contribution < 1.29 is 4.74 Å². The highest BCUT2D eigenvalue weighted by Crippen LogP contribution is 2.28. The lowest BCUT2D eigenvalue weighted by Crippen LogP contribution is -2.04. The summed E-state index contributed by atoms with van der Waals surface area (Å²) in [7, 11) is 0. The number of hydrogen-bond acceptors (Lipinski definition) is 3. The molecule has 0 aliphatic carbocycles. The van der Waals surface area contributed by atoms with Crippen LogP contribution in [0.4, 0.5) is 5.69 Å². The van der Waals surface area contributed by atoms with Gasteiger partial charge in [0.15, 0.2) is 0 Å². The summed E-state index contributed by atoms with van der Waals surface area (Å²) in [5, 5.41) is 4.26. The zero-order valence-electron chi connectivity index (χ0n) is 14.1. The lowest BCUT2D eigenvalue weighted by molar-refractivity contribution is 0.487. The predicted molar refractivity (Wildman–Crippen MR) is 105 cm³/mol. The third kappa shape index (κ3) is 3.59. The number of ether oxygens (including phenoxy) is 1. The number of rotatable bonds is 5. The topological polar surface area (TPSA) is 54.1 Å². The molecule has 0 spiro atoms. The van der Waals surface area contributed by atoms with E-state index in [9.17, 15) is 4.79 Å². The number of benzene rings is 3. The third-order valence-electron chi connectivity index (χ3n) is 4.11. The number of anilines is 1. The minimum atomic E-state index is -0.183. The molecule has 0 aliphatic rings. The second kappa shape index (κ2) is 7.15. The summed E-state index contributed by atoms with van der Waals surface area (Å²) in [6.45, 7) is 0.734. The molecule has 0 amide bonds. The molecule has 0 aliphatic heterocycles. The molecule has 0 atom stereocenters. The van der Waals surface area contributed by atoms with Crippen LogP contribution >= 0.6 is 0 Å². The maximum Gasteiger partial charge on any atom is 0.252 e. The van der Waals surface area contributed by atoms with Gasteiger partial charge in [0.2, 0.25) is 0 Å². The molecule has 4 heteroatoms. The Hall–Kier alpha value is -3.53. The number of aromatic nitrogens is 1. The number of nitrogens with one attached hydrogen (secondary N) is 2. The Morgan fingerprint density at radius 3 is 2.54 bits per heavy atom. The van der Waals surface area contributed by atoms with E-state index >= 15 is 0 Å². The van der Waals surface area contributed by atoms with Crippen molar-refractivity contribution in [2.24, 2.45) is 0 Å². The first kappa shape index (κ1) is 16.0. The van der Waals surface area contributed by atoms with Crippen molar-refractivity contribution in [3.8, 4) is 11.5 Å². The first-order valence-corrected chi connectivity index (χ1v) is 8.46. The molecule has 128 valence electrons. The average molecular weight is 342 g/mol. The number of aromatic amines is 1. The van der Waals surface area contributed by atoms with E-state index in [1.165, 1.54) is 11.6 Å². The van der Waals surface area contributed by atoms with Crippen LogP contribution in [0.3, 0.4) is 0 Å². The molecule has 4 nitrogen and oxygen atoms in total. The first-order valence-electron chi connectivity index (χ1n) is 8.46. The smallest absolute Gasteiger partial charge is 0.252 e. The number of H-pyrrole nitrogens is 1. The molecule has 4 aromatic rings. The van der Waals surface area contributed by atoms with Gasteiger partial charge in [-0.1, -0.05) is 48.5 Å². The van der Waals surface area contributed by atoms with E-state index in [2.05, 4.69) is 22.4 Å². The largest absolute Gasteiger partial charge is 0.456 e. The Morgan fingerprint density at radius 2 is 1.65 bits per heavy atom. The van der Waals surface area contributed by atoms with E-state index in [1.54, 1.807) is 0 Å². The molecular weight excluding hydrogens is 324 g/mol. The Morgan fingerprint density at radius 1 is 0.846 bits per heavy atom. The fraction of sp³-hybridized carbons (Fsp3) is 0.0455. The highest BCUT2D eigenvalue weighted by Gasteiger charge is 2.06. The molecule has 4 rings (SSSR count). The van der Waals surface area contributed by atoms with Crippen LogP contribution in [0.25, 0.3) is 10.9 Å². The highest BCUT2D eigenvalue weighted by molar-refractivity contribution is 5.84. The van der Waals surface area contributed by atoms with Crippen molar-refractivity contribution in [1.82, 2.24) is 4.98 Å². The molecule has 1 heterocycles. The first-order chi connectivity index (χ1) is 12.8. The molecule has 0 saturated heterocycles. The van der Waals surface area contributed by atoms with Gasteiger partial charge in [-0.2, -0.15) is 0 Å². The van der Waals surface area contributed by atoms with E-state index < -0.39 is 0 Å². The van der Waals surface area contributed by atoms with Crippen LogP contribution in [-0.2, 0) is 6.54 Å².